The second kappa shape index (κ2) is 9.85. The van der Waals surface area contributed by atoms with Gasteiger partial charge in [0.2, 0.25) is 5.91 Å². The molecule has 0 saturated heterocycles. The summed E-state index contributed by atoms with van der Waals surface area (Å²) >= 11 is 5.97. The number of para-hydroxylation sites is 3. The minimum Gasteiger partial charge on any atom is -0.492 e. The van der Waals surface area contributed by atoms with E-state index in [2.05, 4.69) is 0 Å². The zero-order valence-electron chi connectivity index (χ0n) is 18.3. The van der Waals surface area contributed by atoms with Crippen molar-refractivity contribution in [1.82, 2.24) is 0 Å². The molecule has 172 valence electrons. The highest BCUT2D eigenvalue weighted by Crippen LogP contribution is 2.34. The number of sulfonamides is 1. The highest BCUT2D eigenvalue weighted by atomic mass is 35.5. The standard InChI is InChI=1S/C25H25ClN2O4S/c1-2-32-24-12-6-5-11-23(24)28(33(30,31)21-15-13-20(26)14-16-21)18-25(29)27-17-7-9-19-8-3-4-10-22(19)27/h3-6,8,10-16H,2,7,9,17-18H2,1H3. The van der Waals surface area contributed by atoms with Gasteiger partial charge < -0.3 is 9.64 Å². The van der Waals surface area contributed by atoms with Crippen LogP contribution in [-0.2, 0) is 21.2 Å². The Morgan fingerprint density at radius 1 is 1.03 bits per heavy atom. The minimum absolute atomic E-state index is 0.0463. The molecule has 3 aromatic rings. The number of nitrogens with zero attached hydrogens (tertiary/aromatic N) is 2. The molecule has 0 saturated carbocycles. The summed E-state index contributed by atoms with van der Waals surface area (Å²) in [5.74, 6) is 0.0929. The van der Waals surface area contributed by atoms with Crippen LogP contribution in [0.3, 0.4) is 0 Å². The molecule has 0 aromatic heterocycles. The molecule has 0 atom stereocenters. The van der Waals surface area contributed by atoms with E-state index in [1.807, 2.05) is 31.2 Å². The van der Waals surface area contributed by atoms with Crippen molar-refractivity contribution in [3.05, 3.63) is 83.4 Å². The normalized spacial score (nSPS) is 13.3. The molecule has 8 heteroatoms. The Morgan fingerprint density at radius 3 is 2.48 bits per heavy atom. The van der Waals surface area contributed by atoms with Gasteiger partial charge in [-0.05, 0) is 67.8 Å². The molecule has 4 rings (SSSR count). The molecule has 0 bridgehead atoms. The molecule has 1 aliphatic rings. The van der Waals surface area contributed by atoms with Crippen LogP contribution in [0.15, 0.2) is 77.7 Å². The van der Waals surface area contributed by atoms with Gasteiger partial charge >= 0.3 is 0 Å². The van der Waals surface area contributed by atoms with E-state index < -0.39 is 10.0 Å². The lowest BCUT2D eigenvalue weighted by Crippen LogP contribution is -2.45. The SMILES string of the molecule is CCOc1ccccc1N(CC(=O)N1CCCc2ccccc21)S(=O)(=O)c1ccc(Cl)cc1. The summed E-state index contributed by atoms with van der Waals surface area (Å²) in [7, 11) is -4.08. The monoisotopic (exact) mass is 484 g/mol. The van der Waals surface area contributed by atoms with Gasteiger partial charge in [0.15, 0.2) is 0 Å². The number of amides is 1. The van der Waals surface area contributed by atoms with E-state index >= 15 is 0 Å². The Balaban J connectivity index is 1.76. The summed E-state index contributed by atoms with van der Waals surface area (Å²) in [5, 5.41) is 0.427. The van der Waals surface area contributed by atoms with Crippen LogP contribution in [0.25, 0.3) is 0 Å². The van der Waals surface area contributed by atoms with Gasteiger partial charge in [0.05, 0.1) is 17.2 Å². The topological polar surface area (TPSA) is 66.9 Å². The molecule has 0 spiro atoms. The molecule has 0 aliphatic carbocycles. The Morgan fingerprint density at radius 2 is 1.73 bits per heavy atom. The molecule has 6 nitrogen and oxygen atoms in total. The third-order valence-electron chi connectivity index (χ3n) is 5.53. The van der Waals surface area contributed by atoms with E-state index in [0.29, 0.717) is 29.6 Å². The fraction of sp³-hybridized carbons (Fsp3) is 0.240. The average molecular weight is 485 g/mol. The summed E-state index contributed by atoms with van der Waals surface area (Å²) in [5.41, 5.74) is 2.22. The zero-order valence-corrected chi connectivity index (χ0v) is 19.8. The summed E-state index contributed by atoms with van der Waals surface area (Å²) in [6, 6.07) is 20.5. The van der Waals surface area contributed by atoms with Crippen LogP contribution < -0.4 is 13.9 Å². The predicted octanol–water partition coefficient (Wildman–Crippen LogP) is 4.91. The number of fused-ring (bicyclic) bond motifs is 1. The van der Waals surface area contributed by atoms with Gasteiger partial charge in [-0.15, -0.1) is 0 Å². The number of halogens is 1. The van der Waals surface area contributed by atoms with Crippen molar-refractivity contribution in [3.63, 3.8) is 0 Å². The van der Waals surface area contributed by atoms with Gasteiger partial charge in [-0.2, -0.15) is 0 Å². The molecule has 33 heavy (non-hydrogen) atoms. The second-order valence-corrected chi connectivity index (χ2v) is 9.94. The van der Waals surface area contributed by atoms with Crippen molar-refractivity contribution < 1.29 is 17.9 Å². The number of carbonyl (C=O) groups excluding carboxylic acids is 1. The van der Waals surface area contributed by atoms with Crippen molar-refractivity contribution in [3.8, 4) is 5.75 Å². The number of aryl methyl sites for hydroxylation is 1. The molecule has 0 radical (unpaired) electrons. The van der Waals surface area contributed by atoms with Crippen molar-refractivity contribution in [1.29, 1.82) is 0 Å². The number of hydrogen-bond acceptors (Lipinski definition) is 4. The van der Waals surface area contributed by atoms with Crippen molar-refractivity contribution >= 4 is 38.9 Å². The number of ether oxygens (including phenoxy) is 1. The molecule has 1 aliphatic heterocycles. The third-order valence-corrected chi connectivity index (χ3v) is 7.55. The van der Waals surface area contributed by atoms with Crippen LogP contribution in [0.5, 0.6) is 5.75 Å². The first kappa shape index (κ1) is 23.1. The van der Waals surface area contributed by atoms with Crippen LogP contribution in [-0.4, -0.2) is 34.0 Å². The van der Waals surface area contributed by atoms with Crippen molar-refractivity contribution in [2.24, 2.45) is 0 Å². The largest absolute Gasteiger partial charge is 0.492 e. The van der Waals surface area contributed by atoms with Crippen molar-refractivity contribution in [2.75, 3.05) is 28.9 Å². The Hall–Kier alpha value is -3.03. The lowest BCUT2D eigenvalue weighted by Gasteiger charge is -2.32. The van der Waals surface area contributed by atoms with E-state index in [4.69, 9.17) is 16.3 Å². The summed E-state index contributed by atoms with van der Waals surface area (Å²) in [6.07, 6.45) is 1.71. The molecule has 1 heterocycles. The second-order valence-electron chi connectivity index (χ2n) is 7.64. The van der Waals surface area contributed by atoms with Gasteiger partial charge in [0.25, 0.3) is 10.0 Å². The van der Waals surface area contributed by atoms with Crippen molar-refractivity contribution in [2.45, 2.75) is 24.7 Å². The first-order valence-corrected chi connectivity index (χ1v) is 12.6. The predicted molar refractivity (Wildman–Crippen MR) is 131 cm³/mol. The fourth-order valence-electron chi connectivity index (χ4n) is 3.98. The molecule has 1 amide bonds. The van der Waals surface area contributed by atoms with Crippen LogP contribution in [0.4, 0.5) is 11.4 Å². The minimum atomic E-state index is -4.08. The maximum Gasteiger partial charge on any atom is 0.264 e. The first-order valence-electron chi connectivity index (χ1n) is 10.8. The lowest BCUT2D eigenvalue weighted by molar-refractivity contribution is -0.117. The zero-order chi connectivity index (χ0) is 23.4. The number of anilines is 2. The molecule has 0 fully saturated rings. The highest BCUT2D eigenvalue weighted by Gasteiger charge is 2.32. The Bertz CT molecular complexity index is 1250. The van der Waals surface area contributed by atoms with Crippen LogP contribution in [0, 0.1) is 0 Å². The van der Waals surface area contributed by atoms with Crippen LogP contribution in [0.1, 0.15) is 18.9 Å². The molecular formula is C25H25ClN2O4S. The fourth-order valence-corrected chi connectivity index (χ4v) is 5.53. The highest BCUT2D eigenvalue weighted by molar-refractivity contribution is 7.92. The lowest BCUT2D eigenvalue weighted by atomic mass is 10.0. The van der Waals surface area contributed by atoms with E-state index in [1.54, 1.807) is 29.2 Å². The molecule has 0 unspecified atom stereocenters. The average Bonchev–Trinajstić information content (AvgIpc) is 2.83. The van der Waals surface area contributed by atoms with Gasteiger partial charge in [-0.1, -0.05) is 41.9 Å². The smallest absolute Gasteiger partial charge is 0.264 e. The summed E-state index contributed by atoms with van der Waals surface area (Å²) < 4.78 is 34.3. The van der Waals surface area contributed by atoms with Crippen LogP contribution >= 0.6 is 11.6 Å². The molecule has 0 N–H and O–H groups in total. The van der Waals surface area contributed by atoms with Gasteiger partial charge in [-0.25, -0.2) is 8.42 Å². The van der Waals surface area contributed by atoms with Gasteiger partial charge in [-0.3, -0.25) is 9.10 Å². The summed E-state index contributed by atoms with van der Waals surface area (Å²) in [4.78, 5) is 15.2. The third kappa shape index (κ3) is 4.84. The van der Waals surface area contributed by atoms with Gasteiger partial charge in [0.1, 0.15) is 12.3 Å². The number of rotatable bonds is 7. The van der Waals surface area contributed by atoms with Crippen LogP contribution in [0.2, 0.25) is 5.02 Å². The Kier molecular flexibility index (Phi) is 6.91. The number of carbonyl (C=O) groups is 1. The number of hydrogen-bond donors (Lipinski definition) is 0. The maximum absolute atomic E-state index is 13.7. The quantitative estimate of drug-likeness (QED) is 0.477. The molecule has 3 aromatic carbocycles. The van der Waals surface area contributed by atoms with E-state index in [0.717, 1.165) is 28.4 Å². The summed E-state index contributed by atoms with van der Waals surface area (Å²) in [6.45, 7) is 2.37. The maximum atomic E-state index is 13.7. The van der Waals surface area contributed by atoms with E-state index in [1.165, 1.54) is 24.3 Å². The first-order chi connectivity index (χ1) is 15.9. The van der Waals surface area contributed by atoms with Gasteiger partial charge in [0, 0.05) is 17.3 Å². The van der Waals surface area contributed by atoms with E-state index in [-0.39, 0.29) is 17.3 Å². The molecular weight excluding hydrogens is 460 g/mol. The Labute approximate surface area is 199 Å². The number of benzene rings is 3. The van der Waals surface area contributed by atoms with E-state index in [9.17, 15) is 13.2 Å².